The predicted molar refractivity (Wildman–Crippen MR) is 194 cm³/mol. The summed E-state index contributed by atoms with van der Waals surface area (Å²) < 4.78 is 8.20. The Bertz CT molecular complexity index is 1750. The summed E-state index contributed by atoms with van der Waals surface area (Å²) in [5.74, 6) is -0.347. The average Bonchev–Trinajstić information content (AvgIpc) is 3.41. The molecule has 4 saturated carbocycles. The lowest BCUT2D eigenvalue weighted by molar-refractivity contribution is -0.202. The number of esters is 1. The number of para-hydroxylation sites is 1. The number of aliphatic hydroxyl groups is 1. The van der Waals surface area contributed by atoms with Crippen LogP contribution in [-0.4, -0.2) is 45.2 Å². The van der Waals surface area contributed by atoms with Gasteiger partial charge in [0.25, 0.3) is 0 Å². The molecule has 2 aromatic rings. The fourth-order valence-corrected chi connectivity index (χ4v) is 12.7. The number of carbonyl (C=O) groups is 3. The van der Waals surface area contributed by atoms with Crippen molar-refractivity contribution in [2.24, 2.45) is 50.2 Å². The third-order valence-electron chi connectivity index (χ3n) is 16.1. The van der Waals surface area contributed by atoms with Crippen molar-refractivity contribution < 1.29 is 29.3 Å². The van der Waals surface area contributed by atoms with Crippen LogP contribution < -0.4 is 0 Å². The van der Waals surface area contributed by atoms with Crippen molar-refractivity contribution in [2.75, 3.05) is 6.61 Å². The Balaban J connectivity index is 1.13. The van der Waals surface area contributed by atoms with Gasteiger partial charge in [-0.1, -0.05) is 65.3 Å². The van der Waals surface area contributed by atoms with Gasteiger partial charge >= 0.3 is 11.9 Å². The van der Waals surface area contributed by atoms with Crippen molar-refractivity contribution in [1.82, 2.24) is 4.57 Å². The first-order valence-electron chi connectivity index (χ1n) is 19.3. The lowest BCUT2D eigenvalue weighted by Crippen LogP contribution is -2.66. The third-order valence-corrected chi connectivity index (χ3v) is 16.1. The summed E-state index contributed by atoms with van der Waals surface area (Å²) in [5.41, 5.74) is 1.95. The van der Waals surface area contributed by atoms with E-state index in [2.05, 4.69) is 59.1 Å². The van der Waals surface area contributed by atoms with Crippen LogP contribution in [0.25, 0.3) is 10.9 Å². The summed E-state index contributed by atoms with van der Waals surface area (Å²) in [7, 11) is 0. The molecule has 4 fully saturated rings. The normalized spacial score (nSPS) is 40.6. The van der Waals surface area contributed by atoms with Crippen LogP contribution in [0.5, 0.6) is 0 Å². The van der Waals surface area contributed by atoms with Crippen LogP contribution in [0.15, 0.2) is 42.0 Å². The molecule has 7 heteroatoms. The summed E-state index contributed by atoms with van der Waals surface area (Å²) in [6.07, 6.45) is 10.4. The summed E-state index contributed by atoms with van der Waals surface area (Å²) in [6.45, 7) is 16.8. The lowest BCUT2D eigenvalue weighted by Gasteiger charge is -2.70. The van der Waals surface area contributed by atoms with Gasteiger partial charge in [-0.15, -0.1) is 0 Å². The minimum atomic E-state index is -0.830. The number of aliphatic hydroxyl groups excluding tert-OH is 1. The maximum absolute atomic E-state index is 14.7. The van der Waals surface area contributed by atoms with Crippen molar-refractivity contribution in [2.45, 2.75) is 132 Å². The standard InChI is InChI=1S/C43H59NO6/c1-38(2)33-14-17-43(7)36(41(33,5)16-15-34(38)46)32(45)25-29-30-26-40(4,19-18-39(30,3)20-21-42(29,43)6)37(49)50-23-22-44-28(12-13-35(47)48)24-27-10-8-9-11-31(27)44/h8-11,24-25,30,33-34,36,46H,12-23,26H2,1-7H3,(H,47,48)/t30-,33-,34-,36+,39+,40-,41-,42+,43+/m0/s1. The van der Waals surface area contributed by atoms with Gasteiger partial charge in [0.1, 0.15) is 6.61 Å². The number of carbonyl (C=O) groups excluding carboxylic acids is 2. The Morgan fingerprint density at radius 2 is 1.66 bits per heavy atom. The number of carboxylic acid groups (broad SMARTS) is 1. The average molecular weight is 686 g/mol. The quantitative estimate of drug-likeness (QED) is 0.283. The number of aliphatic carboxylic acids is 1. The van der Waals surface area contributed by atoms with Gasteiger partial charge in [0, 0.05) is 17.1 Å². The molecule has 50 heavy (non-hydrogen) atoms. The van der Waals surface area contributed by atoms with Gasteiger partial charge < -0.3 is 19.5 Å². The zero-order valence-corrected chi connectivity index (χ0v) is 31.4. The first kappa shape index (κ1) is 35.5. The molecule has 0 spiro atoms. The molecule has 0 saturated heterocycles. The van der Waals surface area contributed by atoms with Gasteiger partial charge in [0.15, 0.2) is 5.78 Å². The van der Waals surface area contributed by atoms with Crippen molar-refractivity contribution in [3.63, 3.8) is 0 Å². The molecule has 0 radical (unpaired) electrons. The molecule has 7 rings (SSSR count). The van der Waals surface area contributed by atoms with Gasteiger partial charge in [0.05, 0.1) is 24.5 Å². The van der Waals surface area contributed by atoms with Gasteiger partial charge in [0.2, 0.25) is 0 Å². The number of fused-ring (bicyclic) bond motifs is 8. The van der Waals surface area contributed by atoms with E-state index in [1.165, 1.54) is 5.57 Å². The van der Waals surface area contributed by atoms with E-state index in [4.69, 9.17) is 4.74 Å². The van der Waals surface area contributed by atoms with Crippen molar-refractivity contribution in [3.8, 4) is 0 Å². The third kappa shape index (κ3) is 5.10. The SMILES string of the molecule is CC1(C)[C@@H](O)CC[C@]2(C)[C@H]3C(=O)C=C4[C@@H]5C[C@@](C)(C(=O)OCCn6c(CCC(=O)O)cc7ccccc76)CC[C@]5(C)CC[C@@]4(C)[C@]3(C)CC[C@@H]12. The molecule has 0 unspecified atom stereocenters. The molecule has 1 heterocycles. The number of allylic oxidation sites excluding steroid dienone is 2. The number of ketones is 1. The first-order valence-corrected chi connectivity index (χ1v) is 19.3. The van der Waals surface area contributed by atoms with Crippen molar-refractivity contribution >= 4 is 28.6 Å². The van der Waals surface area contributed by atoms with E-state index in [0.29, 0.717) is 25.3 Å². The Labute approximate surface area is 298 Å². The van der Waals surface area contributed by atoms with E-state index >= 15 is 0 Å². The largest absolute Gasteiger partial charge is 0.481 e. The molecule has 9 atom stereocenters. The van der Waals surface area contributed by atoms with Crippen molar-refractivity contribution in [3.05, 3.63) is 47.7 Å². The number of benzene rings is 1. The Kier molecular flexibility index (Phi) is 8.37. The minimum absolute atomic E-state index is 0.0375. The van der Waals surface area contributed by atoms with Gasteiger partial charge in [-0.25, -0.2) is 0 Å². The number of aryl methyl sites for hydroxylation is 1. The molecule has 272 valence electrons. The van der Waals surface area contributed by atoms with Crippen LogP contribution in [0.2, 0.25) is 0 Å². The van der Waals surface area contributed by atoms with E-state index in [9.17, 15) is 24.6 Å². The summed E-state index contributed by atoms with van der Waals surface area (Å²) >= 11 is 0. The highest BCUT2D eigenvalue weighted by Crippen LogP contribution is 2.75. The number of carboxylic acids is 1. The minimum Gasteiger partial charge on any atom is -0.481 e. The number of hydrogen-bond acceptors (Lipinski definition) is 5. The second-order valence-corrected chi connectivity index (χ2v) is 19.0. The fourth-order valence-electron chi connectivity index (χ4n) is 12.7. The molecule has 5 aliphatic rings. The molecule has 0 bridgehead atoms. The van der Waals surface area contributed by atoms with Crippen LogP contribution in [-0.2, 0) is 32.1 Å². The predicted octanol–water partition coefficient (Wildman–Crippen LogP) is 8.54. The molecule has 0 amide bonds. The lowest BCUT2D eigenvalue weighted by atomic mass is 9.33. The molecular formula is C43H59NO6. The van der Waals surface area contributed by atoms with E-state index in [1.54, 1.807) is 0 Å². The summed E-state index contributed by atoms with van der Waals surface area (Å²) in [4.78, 5) is 40.1. The molecule has 1 aromatic carbocycles. The molecule has 7 nitrogen and oxygen atoms in total. The summed E-state index contributed by atoms with van der Waals surface area (Å²) in [5, 5.41) is 21.4. The Morgan fingerprint density at radius 1 is 0.940 bits per heavy atom. The first-order chi connectivity index (χ1) is 23.4. The van der Waals surface area contributed by atoms with Crippen LogP contribution >= 0.6 is 0 Å². The maximum atomic E-state index is 14.7. The molecule has 1 aromatic heterocycles. The Hall–Kier alpha value is -2.93. The highest BCUT2D eigenvalue weighted by atomic mass is 16.5. The van der Waals surface area contributed by atoms with E-state index < -0.39 is 11.4 Å². The zero-order chi connectivity index (χ0) is 36.1. The summed E-state index contributed by atoms with van der Waals surface area (Å²) in [6, 6.07) is 10.0. The second kappa shape index (κ2) is 11.8. The molecule has 2 N–H and O–H groups in total. The van der Waals surface area contributed by atoms with Gasteiger partial charge in [-0.3, -0.25) is 14.4 Å². The smallest absolute Gasteiger partial charge is 0.311 e. The molecule has 0 aliphatic heterocycles. The maximum Gasteiger partial charge on any atom is 0.311 e. The molecular weight excluding hydrogens is 626 g/mol. The van der Waals surface area contributed by atoms with Crippen LogP contribution in [0.1, 0.15) is 118 Å². The topological polar surface area (TPSA) is 106 Å². The van der Waals surface area contributed by atoms with E-state index in [-0.39, 0.29) is 69.8 Å². The number of ether oxygens (including phenoxy) is 1. The van der Waals surface area contributed by atoms with Crippen LogP contribution in [0.3, 0.4) is 0 Å². The van der Waals surface area contributed by atoms with E-state index in [0.717, 1.165) is 68.0 Å². The highest BCUT2D eigenvalue weighted by Gasteiger charge is 2.70. The van der Waals surface area contributed by atoms with Gasteiger partial charge in [-0.05, 0) is 134 Å². The fraction of sp³-hybridized carbons (Fsp3) is 0.698. The monoisotopic (exact) mass is 685 g/mol. The van der Waals surface area contributed by atoms with Gasteiger partial charge in [-0.2, -0.15) is 0 Å². The van der Waals surface area contributed by atoms with E-state index in [1.807, 2.05) is 30.3 Å². The number of hydrogen-bond donors (Lipinski definition) is 2. The second-order valence-electron chi connectivity index (χ2n) is 19.0. The molecule has 5 aliphatic carbocycles. The highest BCUT2D eigenvalue weighted by molar-refractivity contribution is 5.95. The zero-order valence-electron chi connectivity index (χ0n) is 31.4. The van der Waals surface area contributed by atoms with Crippen LogP contribution in [0, 0.1) is 50.2 Å². The van der Waals surface area contributed by atoms with Crippen LogP contribution in [0.4, 0.5) is 0 Å². The number of nitrogens with zero attached hydrogens (tertiary/aromatic N) is 1. The van der Waals surface area contributed by atoms with Crippen molar-refractivity contribution in [1.29, 1.82) is 0 Å². The number of aromatic nitrogens is 1. The number of rotatable bonds is 7. The Morgan fingerprint density at radius 3 is 2.40 bits per heavy atom.